The smallest absolute Gasteiger partial charge is 0.183 e. The molecule has 2 aromatic carbocycles. The van der Waals surface area contributed by atoms with Crippen molar-refractivity contribution in [1.82, 2.24) is 5.32 Å². The third-order valence-electron chi connectivity index (χ3n) is 5.40. The SMILES string of the molecule is Cc1cccc(CN[C@H]2CS(=O)(=O)C[C@@H]2S(=O)(=O)c2ccc(C(C)(C)C)cc2)c1. The summed E-state index contributed by atoms with van der Waals surface area (Å²) in [5, 5.41) is 2.20. The fourth-order valence-corrected chi connectivity index (χ4v) is 8.42. The molecule has 0 saturated carbocycles. The van der Waals surface area contributed by atoms with Crippen LogP contribution in [0.5, 0.6) is 0 Å². The highest BCUT2D eigenvalue weighted by Gasteiger charge is 2.45. The van der Waals surface area contributed by atoms with Gasteiger partial charge in [0.2, 0.25) is 0 Å². The minimum absolute atomic E-state index is 0.0864. The maximum absolute atomic E-state index is 13.3. The number of benzene rings is 2. The highest BCUT2D eigenvalue weighted by molar-refractivity contribution is 7.96. The molecule has 7 heteroatoms. The van der Waals surface area contributed by atoms with Crippen LogP contribution < -0.4 is 5.32 Å². The lowest BCUT2D eigenvalue weighted by molar-refractivity contribution is 0.525. The fourth-order valence-electron chi connectivity index (χ4n) is 3.70. The number of aryl methyl sites for hydroxylation is 1. The van der Waals surface area contributed by atoms with E-state index in [9.17, 15) is 16.8 Å². The van der Waals surface area contributed by atoms with Crippen LogP contribution >= 0.6 is 0 Å². The van der Waals surface area contributed by atoms with Gasteiger partial charge in [0.25, 0.3) is 0 Å². The lowest BCUT2D eigenvalue weighted by Gasteiger charge is -2.22. The predicted octanol–water partition coefficient (Wildman–Crippen LogP) is 3.02. The average Bonchev–Trinajstić information content (AvgIpc) is 2.95. The first-order chi connectivity index (χ1) is 13.4. The summed E-state index contributed by atoms with van der Waals surface area (Å²) in [5.41, 5.74) is 3.05. The molecule has 0 unspecified atom stereocenters. The summed E-state index contributed by atoms with van der Waals surface area (Å²) in [6, 6.07) is 14.0. The van der Waals surface area contributed by atoms with Crippen LogP contribution in [0.25, 0.3) is 0 Å². The number of hydrogen-bond acceptors (Lipinski definition) is 5. The number of rotatable bonds is 5. The van der Waals surface area contributed by atoms with Crippen LogP contribution in [0.2, 0.25) is 0 Å². The molecule has 0 amide bonds. The molecule has 1 fully saturated rings. The lowest BCUT2D eigenvalue weighted by Crippen LogP contribution is -2.43. The summed E-state index contributed by atoms with van der Waals surface area (Å²) in [4.78, 5) is 0.176. The molecule has 29 heavy (non-hydrogen) atoms. The Balaban J connectivity index is 1.85. The zero-order valence-corrected chi connectivity index (χ0v) is 19.0. The first-order valence-electron chi connectivity index (χ1n) is 9.72. The van der Waals surface area contributed by atoms with E-state index in [1.807, 2.05) is 43.3 Å². The fraction of sp³-hybridized carbons (Fsp3) is 0.455. The van der Waals surface area contributed by atoms with Crippen molar-refractivity contribution in [2.75, 3.05) is 11.5 Å². The van der Waals surface area contributed by atoms with Crippen LogP contribution in [0.4, 0.5) is 0 Å². The van der Waals surface area contributed by atoms with Gasteiger partial charge in [-0.1, -0.05) is 62.7 Å². The van der Waals surface area contributed by atoms with Crippen molar-refractivity contribution in [2.24, 2.45) is 0 Å². The molecule has 0 bridgehead atoms. The van der Waals surface area contributed by atoms with Crippen molar-refractivity contribution in [1.29, 1.82) is 0 Å². The van der Waals surface area contributed by atoms with Crippen molar-refractivity contribution in [2.45, 2.75) is 55.8 Å². The summed E-state index contributed by atoms with van der Waals surface area (Å²) in [5.74, 6) is -0.509. The second-order valence-corrected chi connectivity index (χ2v) is 13.2. The van der Waals surface area contributed by atoms with Gasteiger partial charge in [-0.15, -0.1) is 0 Å². The van der Waals surface area contributed by atoms with E-state index in [4.69, 9.17) is 0 Å². The van der Waals surface area contributed by atoms with E-state index in [0.29, 0.717) is 6.54 Å². The van der Waals surface area contributed by atoms with Crippen molar-refractivity contribution < 1.29 is 16.8 Å². The monoisotopic (exact) mass is 435 g/mol. The molecular formula is C22H29NO4S2. The van der Waals surface area contributed by atoms with Crippen LogP contribution in [0, 0.1) is 6.92 Å². The van der Waals surface area contributed by atoms with E-state index in [1.165, 1.54) is 0 Å². The average molecular weight is 436 g/mol. The molecule has 2 aromatic rings. The first-order valence-corrected chi connectivity index (χ1v) is 13.1. The largest absolute Gasteiger partial charge is 0.308 e. The summed E-state index contributed by atoms with van der Waals surface area (Å²) in [6.07, 6.45) is 0. The molecule has 1 heterocycles. The maximum atomic E-state index is 13.3. The van der Waals surface area contributed by atoms with E-state index < -0.39 is 31.0 Å². The van der Waals surface area contributed by atoms with Crippen molar-refractivity contribution in [3.63, 3.8) is 0 Å². The Morgan fingerprint density at radius 3 is 2.28 bits per heavy atom. The molecule has 0 spiro atoms. The van der Waals surface area contributed by atoms with Crippen LogP contribution in [-0.4, -0.2) is 39.6 Å². The molecule has 0 aromatic heterocycles. The molecule has 1 aliphatic rings. The normalized spacial score (nSPS) is 21.9. The molecule has 5 nitrogen and oxygen atoms in total. The summed E-state index contributed by atoms with van der Waals surface area (Å²) in [6.45, 7) is 8.59. The van der Waals surface area contributed by atoms with Crippen LogP contribution in [0.1, 0.15) is 37.5 Å². The Labute approximate surface area is 174 Å². The molecule has 1 aliphatic heterocycles. The summed E-state index contributed by atoms with van der Waals surface area (Å²) < 4.78 is 51.1. The van der Waals surface area contributed by atoms with E-state index in [0.717, 1.165) is 16.7 Å². The number of nitrogens with one attached hydrogen (secondary N) is 1. The molecule has 158 valence electrons. The molecule has 0 radical (unpaired) electrons. The molecule has 1 N–H and O–H groups in total. The second-order valence-electron chi connectivity index (χ2n) is 8.91. The van der Waals surface area contributed by atoms with Gasteiger partial charge >= 0.3 is 0 Å². The van der Waals surface area contributed by atoms with Crippen molar-refractivity contribution in [3.05, 3.63) is 65.2 Å². The first kappa shape index (κ1) is 22.0. The van der Waals surface area contributed by atoms with E-state index in [1.54, 1.807) is 12.1 Å². The van der Waals surface area contributed by atoms with Crippen LogP contribution in [0.15, 0.2) is 53.4 Å². The van der Waals surface area contributed by atoms with Gasteiger partial charge < -0.3 is 5.32 Å². The van der Waals surface area contributed by atoms with E-state index in [2.05, 4.69) is 26.1 Å². The van der Waals surface area contributed by atoms with Gasteiger partial charge in [0.05, 0.1) is 21.7 Å². The zero-order chi connectivity index (χ0) is 21.4. The van der Waals surface area contributed by atoms with Gasteiger partial charge in [0, 0.05) is 12.6 Å². The van der Waals surface area contributed by atoms with Crippen molar-refractivity contribution in [3.8, 4) is 0 Å². The molecular weight excluding hydrogens is 406 g/mol. The second kappa shape index (κ2) is 7.85. The highest BCUT2D eigenvalue weighted by atomic mass is 32.2. The van der Waals surface area contributed by atoms with Gasteiger partial charge in [-0.3, -0.25) is 0 Å². The standard InChI is InChI=1S/C22H29NO4S2/c1-16-6-5-7-17(12-16)13-23-20-14-28(24,25)15-21(20)29(26,27)19-10-8-18(9-11-19)22(2,3)4/h5-12,20-21,23H,13-15H2,1-4H3/t20-,21-/m0/s1. The Hall–Kier alpha value is -1.70. The minimum Gasteiger partial charge on any atom is -0.308 e. The van der Waals surface area contributed by atoms with Crippen molar-refractivity contribution >= 4 is 19.7 Å². The Morgan fingerprint density at radius 2 is 1.69 bits per heavy atom. The van der Waals surface area contributed by atoms with E-state index in [-0.39, 0.29) is 21.8 Å². The van der Waals surface area contributed by atoms with Gasteiger partial charge in [-0.25, -0.2) is 16.8 Å². The zero-order valence-electron chi connectivity index (χ0n) is 17.3. The van der Waals surface area contributed by atoms with Gasteiger partial charge in [-0.2, -0.15) is 0 Å². The number of sulfone groups is 2. The topological polar surface area (TPSA) is 80.3 Å². The van der Waals surface area contributed by atoms with Gasteiger partial charge in [-0.05, 0) is 35.6 Å². The van der Waals surface area contributed by atoms with Crippen LogP contribution in [0.3, 0.4) is 0 Å². The Morgan fingerprint density at radius 1 is 1.03 bits per heavy atom. The quantitative estimate of drug-likeness (QED) is 0.781. The molecule has 1 saturated heterocycles. The Bertz CT molecular complexity index is 1080. The number of hydrogen-bond donors (Lipinski definition) is 1. The lowest BCUT2D eigenvalue weighted by atomic mass is 9.87. The highest BCUT2D eigenvalue weighted by Crippen LogP contribution is 2.29. The summed E-state index contributed by atoms with van der Waals surface area (Å²) in [7, 11) is -7.20. The third-order valence-corrected chi connectivity index (χ3v) is 9.57. The van der Waals surface area contributed by atoms with Gasteiger partial charge in [0.1, 0.15) is 0 Å². The summed E-state index contributed by atoms with van der Waals surface area (Å²) >= 11 is 0. The molecule has 2 atom stereocenters. The Kier molecular flexibility index (Phi) is 5.96. The maximum Gasteiger partial charge on any atom is 0.183 e. The van der Waals surface area contributed by atoms with E-state index >= 15 is 0 Å². The van der Waals surface area contributed by atoms with Crippen LogP contribution in [-0.2, 0) is 31.6 Å². The third kappa shape index (κ3) is 5.08. The minimum atomic E-state index is -3.78. The predicted molar refractivity (Wildman–Crippen MR) is 117 cm³/mol. The molecule has 0 aliphatic carbocycles. The molecule has 3 rings (SSSR count). The van der Waals surface area contributed by atoms with Gasteiger partial charge in [0.15, 0.2) is 19.7 Å².